The van der Waals surface area contributed by atoms with Gasteiger partial charge in [-0.3, -0.25) is 4.79 Å². The van der Waals surface area contributed by atoms with Crippen LogP contribution in [0, 0.1) is 12.7 Å². The van der Waals surface area contributed by atoms with Crippen LogP contribution in [-0.2, 0) is 12.6 Å². The second-order valence-corrected chi connectivity index (χ2v) is 7.40. The van der Waals surface area contributed by atoms with E-state index in [1.54, 1.807) is 13.1 Å². The average Bonchev–Trinajstić information content (AvgIpc) is 2.58. The summed E-state index contributed by atoms with van der Waals surface area (Å²) in [6, 6.07) is 8.97. The molecule has 0 bridgehead atoms. The highest BCUT2D eigenvalue weighted by molar-refractivity contribution is 6.31. The van der Waals surface area contributed by atoms with Crippen LogP contribution in [0.1, 0.15) is 30.4 Å². The van der Waals surface area contributed by atoms with E-state index in [1.165, 1.54) is 17.0 Å². The fourth-order valence-electron chi connectivity index (χ4n) is 3.75. The molecule has 4 nitrogen and oxygen atoms in total. The standard InChI is InChI=1S/C20H19ClFN3O/c1-12-15(5-3-6-16(12)21)20(7-4-8-20)24-13-9-14-18(17(22)10-13)23-11-25(2)19(14)26/h3,5-6,9-11,24H,4,7-8H2,1-2H3. The first-order chi connectivity index (χ1) is 12.4. The molecule has 1 aliphatic rings. The van der Waals surface area contributed by atoms with Gasteiger partial charge in [-0.05, 0) is 55.5 Å². The van der Waals surface area contributed by atoms with Gasteiger partial charge in [-0.2, -0.15) is 0 Å². The van der Waals surface area contributed by atoms with E-state index < -0.39 is 5.82 Å². The molecule has 0 spiro atoms. The quantitative estimate of drug-likeness (QED) is 0.736. The van der Waals surface area contributed by atoms with Crippen LogP contribution in [0.15, 0.2) is 41.5 Å². The van der Waals surface area contributed by atoms with Gasteiger partial charge in [0.2, 0.25) is 0 Å². The van der Waals surface area contributed by atoms with Crippen molar-refractivity contribution in [2.24, 2.45) is 7.05 Å². The summed E-state index contributed by atoms with van der Waals surface area (Å²) in [6.07, 6.45) is 4.28. The number of aryl methyl sites for hydroxylation is 1. The minimum absolute atomic E-state index is 0.0974. The molecule has 1 saturated carbocycles. The summed E-state index contributed by atoms with van der Waals surface area (Å²) in [5, 5.41) is 4.47. The predicted molar refractivity (Wildman–Crippen MR) is 102 cm³/mol. The number of fused-ring (bicyclic) bond motifs is 1. The number of hydrogen-bond acceptors (Lipinski definition) is 3. The third kappa shape index (κ3) is 2.58. The van der Waals surface area contributed by atoms with E-state index in [1.807, 2.05) is 19.1 Å². The fourth-order valence-corrected chi connectivity index (χ4v) is 3.92. The number of hydrogen-bond donors (Lipinski definition) is 1. The lowest BCUT2D eigenvalue weighted by atomic mass is 9.70. The summed E-state index contributed by atoms with van der Waals surface area (Å²) < 4.78 is 15.9. The first-order valence-electron chi connectivity index (χ1n) is 8.60. The highest BCUT2D eigenvalue weighted by Gasteiger charge is 2.40. The SMILES string of the molecule is Cc1c(Cl)cccc1C1(Nc2cc(F)c3ncn(C)c(=O)c3c2)CCC1. The Bertz CT molecular complexity index is 1070. The van der Waals surface area contributed by atoms with Crippen LogP contribution in [-0.4, -0.2) is 9.55 Å². The number of nitrogens with one attached hydrogen (secondary N) is 1. The Hall–Kier alpha value is -2.40. The van der Waals surface area contributed by atoms with Crippen LogP contribution in [0.2, 0.25) is 5.02 Å². The lowest BCUT2D eigenvalue weighted by Crippen LogP contribution is -2.42. The third-order valence-electron chi connectivity index (χ3n) is 5.35. The third-order valence-corrected chi connectivity index (χ3v) is 5.76. The summed E-state index contributed by atoms with van der Waals surface area (Å²) in [4.78, 5) is 16.4. The largest absolute Gasteiger partial charge is 0.375 e. The van der Waals surface area contributed by atoms with Crippen molar-refractivity contribution in [1.82, 2.24) is 9.55 Å². The molecule has 0 unspecified atom stereocenters. The highest BCUT2D eigenvalue weighted by atomic mass is 35.5. The van der Waals surface area contributed by atoms with Gasteiger partial charge in [-0.25, -0.2) is 9.37 Å². The lowest BCUT2D eigenvalue weighted by molar-refractivity contribution is 0.283. The topological polar surface area (TPSA) is 46.9 Å². The second kappa shape index (κ2) is 6.09. The van der Waals surface area contributed by atoms with Crippen LogP contribution in [0.3, 0.4) is 0 Å². The van der Waals surface area contributed by atoms with Crippen molar-refractivity contribution >= 4 is 28.2 Å². The molecule has 4 rings (SSSR count). The molecule has 0 atom stereocenters. The van der Waals surface area contributed by atoms with Crippen molar-refractivity contribution in [3.63, 3.8) is 0 Å². The maximum atomic E-state index is 14.5. The zero-order chi connectivity index (χ0) is 18.5. The van der Waals surface area contributed by atoms with E-state index in [9.17, 15) is 9.18 Å². The normalized spacial score (nSPS) is 15.7. The Morgan fingerprint density at radius 1 is 1.31 bits per heavy atom. The minimum Gasteiger partial charge on any atom is -0.375 e. The number of nitrogens with zero attached hydrogens (tertiary/aromatic N) is 2. The van der Waals surface area contributed by atoms with Gasteiger partial charge >= 0.3 is 0 Å². The number of anilines is 1. The van der Waals surface area contributed by atoms with Crippen LogP contribution >= 0.6 is 11.6 Å². The van der Waals surface area contributed by atoms with Gasteiger partial charge in [0.15, 0.2) is 5.82 Å². The Morgan fingerprint density at radius 2 is 2.08 bits per heavy atom. The summed E-state index contributed by atoms with van der Waals surface area (Å²) in [6.45, 7) is 2.00. The lowest BCUT2D eigenvalue weighted by Gasteiger charge is -2.45. The first kappa shape index (κ1) is 17.0. The Morgan fingerprint density at radius 3 is 2.77 bits per heavy atom. The molecule has 1 heterocycles. The number of aromatic nitrogens is 2. The number of rotatable bonds is 3. The van der Waals surface area contributed by atoms with E-state index in [0.717, 1.165) is 35.4 Å². The van der Waals surface area contributed by atoms with Gasteiger partial charge in [-0.15, -0.1) is 0 Å². The summed E-state index contributed by atoms with van der Waals surface area (Å²) >= 11 is 6.31. The van der Waals surface area contributed by atoms with Crippen LogP contribution in [0.4, 0.5) is 10.1 Å². The van der Waals surface area contributed by atoms with Crippen molar-refractivity contribution in [2.45, 2.75) is 31.7 Å². The van der Waals surface area contributed by atoms with Crippen LogP contribution in [0.5, 0.6) is 0 Å². The highest BCUT2D eigenvalue weighted by Crippen LogP contribution is 2.46. The smallest absolute Gasteiger partial charge is 0.261 e. The molecule has 134 valence electrons. The summed E-state index contributed by atoms with van der Waals surface area (Å²) in [5.74, 6) is -0.500. The molecule has 1 fully saturated rings. The second-order valence-electron chi connectivity index (χ2n) is 6.99. The van der Waals surface area contributed by atoms with Crippen molar-refractivity contribution in [3.8, 4) is 0 Å². The van der Waals surface area contributed by atoms with E-state index >= 15 is 0 Å². The summed E-state index contributed by atoms with van der Waals surface area (Å²) in [5.41, 5.74) is 2.28. The van der Waals surface area contributed by atoms with Gasteiger partial charge in [0.1, 0.15) is 5.52 Å². The van der Waals surface area contributed by atoms with Crippen LogP contribution in [0.25, 0.3) is 10.9 Å². The fraction of sp³-hybridized carbons (Fsp3) is 0.300. The molecular formula is C20H19ClFN3O. The maximum Gasteiger partial charge on any atom is 0.261 e. The Kier molecular flexibility index (Phi) is 3.99. The van der Waals surface area contributed by atoms with Crippen molar-refractivity contribution in [2.75, 3.05) is 5.32 Å². The molecule has 3 aromatic rings. The van der Waals surface area contributed by atoms with Crippen LogP contribution < -0.4 is 10.9 Å². The maximum absolute atomic E-state index is 14.5. The molecule has 2 aromatic carbocycles. The molecule has 1 N–H and O–H groups in total. The average molecular weight is 372 g/mol. The van der Waals surface area contributed by atoms with Gasteiger partial charge in [0.05, 0.1) is 17.3 Å². The molecular weight excluding hydrogens is 353 g/mol. The molecule has 0 radical (unpaired) electrons. The molecule has 26 heavy (non-hydrogen) atoms. The zero-order valence-electron chi connectivity index (χ0n) is 14.6. The molecule has 1 aliphatic carbocycles. The first-order valence-corrected chi connectivity index (χ1v) is 8.98. The van der Waals surface area contributed by atoms with Gasteiger partial charge < -0.3 is 9.88 Å². The molecule has 0 aliphatic heterocycles. The monoisotopic (exact) mass is 371 g/mol. The Balaban J connectivity index is 1.82. The Labute approximate surface area is 155 Å². The molecule has 0 amide bonds. The van der Waals surface area contributed by atoms with E-state index in [2.05, 4.69) is 16.4 Å². The molecule has 0 saturated heterocycles. The van der Waals surface area contributed by atoms with Gasteiger partial charge in [0.25, 0.3) is 5.56 Å². The number of benzene rings is 2. The molecule has 6 heteroatoms. The van der Waals surface area contributed by atoms with E-state index in [4.69, 9.17) is 11.6 Å². The predicted octanol–water partition coefficient (Wildman–Crippen LogP) is 4.53. The van der Waals surface area contributed by atoms with Crippen molar-refractivity contribution in [3.05, 3.63) is 69.0 Å². The minimum atomic E-state index is -0.500. The van der Waals surface area contributed by atoms with E-state index in [0.29, 0.717) is 5.69 Å². The number of halogens is 2. The van der Waals surface area contributed by atoms with Crippen molar-refractivity contribution in [1.29, 1.82) is 0 Å². The molecule has 1 aromatic heterocycles. The van der Waals surface area contributed by atoms with Gasteiger partial charge in [-0.1, -0.05) is 23.7 Å². The van der Waals surface area contributed by atoms with E-state index in [-0.39, 0.29) is 22.0 Å². The zero-order valence-corrected chi connectivity index (χ0v) is 15.4. The summed E-state index contributed by atoms with van der Waals surface area (Å²) in [7, 11) is 1.61. The van der Waals surface area contributed by atoms with Gasteiger partial charge in [0, 0.05) is 17.8 Å². The van der Waals surface area contributed by atoms with Crippen molar-refractivity contribution < 1.29 is 4.39 Å².